The molecule has 0 fully saturated rings. The maximum Gasteiger partial charge on any atom is 0.338 e. The average molecular weight is 429 g/mol. The summed E-state index contributed by atoms with van der Waals surface area (Å²) in [6.07, 6.45) is 3.76. The van der Waals surface area contributed by atoms with Crippen molar-refractivity contribution in [2.24, 2.45) is 0 Å². The molecule has 30 heavy (non-hydrogen) atoms. The zero-order valence-electron chi connectivity index (χ0n) is 17.7. The zero-order valence-corrected chi connectivity index (χ0v) is 18.5. The van der Waals surface area contributed by atoms with Crippen LogP contribution in [-0.2, 0) is 9.53 Å². The minimum absolute atomic E-state index is 0.137. The number of ether oxygens (including phenoxy) is 2. The van der Waals surface area contributed by atoms with Crippen molar-refractivity contribution in [3.63, 3.8) is 0 Å². The van der Waals surface area contributed by atoms with E-state index < -0.39 is 12.0 Å². The lowest BCUT2D eigenvalue weighted by molar-refractivity contribution is -0.138. The molecule has 0 radical (unpaired) electrons. The fourth-order valence-corrected chi connectivity index (χ4v) is 4.17. The normalized spacial score (nSPS) is 15.4. The van der Waals surface area contributed by atoms with E-state index >= 15 is 0 Å². The molecule has 1 aliphatic rings. The lowest BCUT2D eigenvalue weighted by atomic mass is 9.95. The number of nitrogens with one attached hydrogen (secondary N) is 1. The Morgan fingerprint density at radius 2 is 2.17 bits per heavy atom. The Labute approximate surface area is 181 Å². The van der Waals surface area contributed by atoms with Gasteiger partial charge in [-0.05, 0) is 26.3 Å². The van der Waals surface area contributed by atoms with Crippen LogP contribution in [0.25, 0.3) is 0 Å². The Hall–Kier alpha value is -2.74. The number of para-hydroxylation sites is 1. The number of carbonyl (C=O) groups is 1. The van der Waals surface area contributed by atoms with Gasteiger partial charge in [0.25, 0.3) is 0 Å². The van der Waals surface area contributed by atoms with Crippen LogP contribution in [0.2, 0.25) is 0 Å². The number of carbonyl (C=O) groups excluding carboxylic acids is 1. The van der Waals surface area contributed by atoms with Gasteiger partial charge in [-0.25, -0.2) is 9.48 Å². The molecule has 0 saturated heterocycles. The molecule has 1 atom stereocenters. The molecule has 1 aromatic heterocycles. The van der Waals surface area contributed by atoms with Crippen molar-refractivity contribution < 1.29 is 14.3 Å². The van der Waals surface area contributed by atoms with Crippen LogP contribution >= 0.6 is 11.8 Å². The maximum absolute atomic E-state index is 13.0. The zero-order chi connectivity index (χ0) is 21.5. The molecule has 2 heterocycles. The summed E-state index contributed by atoms with van der Waals surface area (Å²) >= 11 is 1.61. The van der Waals surface area contributed by atoms with Crippen molar-refractivity contribution in [2.45, 2.75) is 44.8 Å². The van der Waals surface area contributed by atoms with Crippen molar-refractivity contribution in [3.8, 4) is 5.75 Å². The van der Waals surface area contributed by atoms with Gasteiger partial charge < -0.3 is 14.8 Å². The quantitative estimate of drug-likeness (QED) is 0.257. The van der Waals surface area contributed by atoms with Crippen LogP contribution in [-0.4, -0.2) is 39.7 Å². The first-order valence-electron chi connectivity index (χ1n) is 10.2. The highest BCUT2D eigenvalue weighted by molar-refractivity contribution is 7.99. The molecule has 8 heteroatoms. The van der Waals surface area contributed by atoms with E-state index in [0.29, 0.717) is 34.7 Å². The number of hydrogen-bond acceptors (Lipinski definition) is 7. The summed E-state index contributed by atoms with van der Waals surface area (Å²) < 4.78 is 13.0. The standard InChI is InChI=1S/C22H28N4O3S/c1-5-8-14-30-22-24-21-23-15(4)18(20(27)29-13-6-2)19(26(21)25-22)16-11-9-10-12-17(16)28-7-3/h6,9-12,19H,2,5,7-8,13-14H2,1,3-4H3,(H,23,24,25). The molecule has 1 N–H and O–H groups in total. The molecular formula is C22H28N4O3S. The molecule has 0 bridgehead atoms. The van der Waals surface area contributed by atoms with Gasteiger partial charge in [0.1, 0.15) is 18.4 Å². The molecular weight excluding hydrogens is 400 g/mol. The number of unbranched alkanes of at least 4 members (excludes halogenated alkanes) is 1. The second-order valence-electron chi connectivity index (χ2n) is 6.79. The number of anilines is 1. The van der Waals surface area contributed by atoms with E-state index in [1.165, 1.54) is 0 Å². The summed E-state index contributed by atoms with van der Waals surface area (Å²) in [6.45, 7) is 10.2. The summed E-state index contributed by atoms with van der Waals surface area (Å²) in [5.74, 6) is 1.83. The van der Waals surface area contributed by atoms with Gasteiger partial charge in [-0.1, -0.05) is 56.0 Å². The Balaban J connectivity index is 2.08. The number of thioether (sulfide) groups is 1. The first kappa shape index (κ1) is 22.0. The third-order valence-corrected chi connectivity index (χ3v) is 5.55. The minimum Gasteiger partial charge on any atom is -0.494 e. The van der Waals surface area contributed by atoms with E-state index in [2.05, 4.69) is 23.8 Å². The Kier molecular flexibility index (Phi) is 7.57. The van der Waals surface area contributed by atoms with Crippen LogP contribution in [0.5, 0.6) is 5.75 Å². The van der Waals surface area contributed by atoms with Crippen molar-refractivity contribution in [1.82, 2.24) is 14.8 Å². The van der Waals surface area contributed by atoms with E-state index in [1.54, 1.807) is 22.5 Å². The minimum atomic E-state index is -0.505. The van der Waals surface area contributed by atoms with Crippen molar-refractivity contribution in [1.29, 1.82) is 0 Å². The third-order valence-electron chi connectivity index (χ3n) is 4.63. The van der Waals surface area contributed by atoms with Crippen molar-refractivity contribution in [2.75, 3.05) is 24.3 Å². The SMILES string of the molecule is C=CCOC(=O)C1=C(C)Nc2nc(SCCCC)nn2C1c1ccccc1OCC. The predicted octanol–water partition coefficient (Wildman–Crippen LogP) is 4.59. The fourth-order valence-electron chi connectivity index (χ4n) is 3.26. The van der Waals surface area contributed by atoms with Crippen LogP contribution in [0.4, 0.5) is 5.95 Å². The van der Waals surface area contributed by atoms with Gasteiger partial charge in [0.2, 0.25) is 11.1 Å². The number of benzene rings is 1. The molecule has 1 unspecified atom stereocenters. The molecule has 7 nitrogen and oxygen atoms in total. The van der Waals surface area contributed by atoms with Gasteiger partial charge in [0.15, 0.2) is 0 Å². The van der Waals surface area contributed by atoms with Gasteiger partial charge >= 0.3 is 5.97 Å². The highest BCUT2D eigenvalue weighted by Gasteiger charge is 2.36. The number of esters is 1. The molecule has 2 aromatic rings. The topological polar surface area (TPSA) is 78.3 Å². The number of rotatable bonds is 10. The highest BCUT2D eigenvalue weighted by atomic mass is 32.2. The number of nitrogens with zero attached hydrogens (tertiary/aromatic N) is 3. The summed E-state index contributed by atoms with van der Waals surface area (Å²) in [5.41, 5.74) is 2.00. The monoisotopic (exact) mass is 428 g/mol. The lowest BCUT2D eigenvalue weighted by Crippen LogP contribution is -2.30. The van der Waals surface area contributed by atoms with E-state index in [-0.39, 0.29) is 6.61 Å². The van der Waals surface area contributed by atoms with Crippen LogP contribution in [0.1, 0.15) is 45.2 Å². The number of allylic oxidation sites excluding steroid dienone is 1. The molecule has 1 aliphatic heterocycles. The lowest BCUT2D eigenvalue weighted by Gasteiger charge is -2.29. The molecule has 160 valence electrons. The van der Waals surface area contributed by atoms with E-state index in [0.717, 1.165) is 24.2 Å². The maximum atomic E-state index is 13.0. The molecule has 0 amide bonds. The van der Waals surface area contributed by atoms with Gasteiger partial charge in [-0.15, -0.1) is 5.10 Å². The number of fused-ring (bicyclic) bond motifs is 1. The predicted molar refractivity (Wildman–Crippen MR) is 119 cm³/mol. The largest absolute Gasteiger partial charge is 0.494 e. The number of hydrogen-bond donors (Lipinski definition) is 1. The third kappa shape index (κ3) is 4.70. The summed E-state index contributed by atoms with van der Waals surface area (Å²) in [7, 11) is 0. The molecule has 1 aromatic carbocycles. The van der Waals surface area contributed by atoms with Crippen LogP contribution < -0.4 is 10.1 Å². The fraction of sp³-hybridized carbons (Fsp3) is 0.409. The van der Waals surface area contributed by atoms with Crippen LogP contribution in [0.3, 0.4) is 0 Å². The van der Waals surface area contributed by atoms with Crippen molar-refractivity contribution >= 4 is 23.7 Å². The highest BCUT2D eigenvalue weighted by Crippen LogP contribution is 2.40. The second-order valence-corrected chi connectivity index (χ2v) is 7.85. The Morgan fingerprint density at radius 1 is 1.37 bits per heavy atom. The Morgan fingerprint density at radius 3 is 2.90 bits per heavy atom. The smallest absolute Gasteiger partial charge is 0.338 e. The van der Waals surface area contributed by atoms with Gasteiger partial charge in [-0.3, -0.25) is 0 Å². The first-order chi connectivity index (χ1) is 14.6. The van der Waals surface area contributed by atoms with E-state index in [9.17, 15) is 4.79 Å². The number of aromatic nitrogens is 3. The molecule has 3 rings (SSSR count). The first-order valence-corrected chi connectivity index (χ1v) is 11.2. The van der Waals surface area contributed by atoms with E-state index in [1.807, 2.05) is 38.1 Å². The molecule has 0 saturated carbocycles. The van der Waals surface area contributed by atoms with Crippen LogP contribution in [0.15, 0.2) is 53.3 Å². The average Bonchev–Trinajstić information content (AvgIpc) is 3.14. The van der Waals surface area contributed by atoms with Crippen LogP contribution in [0, 0.1) is 0 Å². The summed E-state index contributed by atoms with van der Waals surface area (Å²) in [6, 6.07) is 7.18. The van der Waals surface area contributed by atoms with Gasteiger partial charge in [-0.2, -0.15) is 4.98 Å². The van der Waals surface area contributed by atoms with E-state index in [4.69, 9.17) is 14.6 Å². The molecule has 0 spiro atoms. The van der Waals surface area contributed by atoms with Gasteiger partial charge in [0.05, 0.1) is 12.2 Å². The summed E-state index contributed by atoms with van der Waals surface area (Å²) in [5, 5.41) is 8.61. The summed E-state index contributed by atoms with van der Waals surface area (Å²) in [4.78, 5) is 17.6. The molecule has 0 aliphatic carbocycles. The van der Waals surface area contributed by atoms with Crippen molar-refractivity contribution in [3.05, 3.63) is 53.8 Å². The van der Waals surface area contributed by atoms with Gasteiger partial charge in [0, 0.05) is 17.0 Å². The Bertz CT molecular complexity index is 938. The second kappa shape index (κ2) is 10.3.